The summed E-state index contributed by atoms with van der Waals surface area (Å²) in [6.45, 7) is 9.66. The lowest BCUT2D eigenvalue weighted by Gasteiger charge is -2.29. The summed E-state index contributed by atoms with van der Waals surface area (Å²) in [7, 11) is -3.50. The molecule has 0 radical (unpaired) electrons. The van der Waals surface area contributed by atoms with Crippen LogP contribution in [0.5, 0.6) is 0 Å². The van der Waals surface area contributed by atoms with Gasteiger partial charge in [0.2, 0.25) is 5.91 Å². The van der Waals surface area contributed by atoms with Crippen molar-refractivity contribution in [2.75, 3.05) is 22.5 Å². The minimum absolute atomic E-state index is 0.0770. The van der Waals surface area contributed by atoms with Crippen molar-refractivity contribution in [2.24, 2.45) is 0 Å². The molecule has 0 bridgehead atoms. The van der Waals surface area contributed by atoms with Gasteiger partial charge in [0, 0.05) is 23.5 Å². The van der Waals surface area contributed by atoms with Gasteiger partial charge in [-0.3, -0.25) is 4.79 Å². The molecule has 9 heteroatoms. The van der Waals surface area contributed by atoms with E-state index in [1.54, 1.807) is 0 Å². The number of hydrogen-bond acceptors (Lipinski definition) is 6. The van der Waals surface area contributed by atoms with E-state index in [0.29, 0.717) is 5.13 Å². The number of carbonyl (C=O) groups is 1. The van der Waals surface area contributed by atoms with E-state index in [1.165, 1.54) is 36.0 Å². The van der Waals surface area contributed by atoms with Gasteiger partial charge in [0.25, 0.3) is 0 Å². The standard InChI is InChI=1S/C26H30FN3O3S2/c1-5-35(32,33)20-11-6-17(21(27)15-20)14-24(31)29-25-28-22-12-13-30(16-23(22)34-25)19-9-7-18(8-10-19)26(2,3)4/h6-11,15H,5,12-14,16H2,1-4H3,(H,28,29,31). The lowest BCUT2D eigenvalue weighted by molar-refractivity contribution is -0.115. The van der Waals surface area contributed by atoms with Crippen molar-refractivity contribution in [2.45, 2.75) is 57.4 Å². The van der Waals surface area contributed by atoms with Crippen molar-refractivity contribution in [3.63, 3.8) is 0 Å². The Kier molecular flexibility index (Phi) is 7.02. The number of benzene rings is 2. The number of amides is 1. The van der Waals surface area contributed by atoms with Crippen LogP contribution in [0.3, 0.4) is 0 Å². The minimum atomic E-state index is -3.50. The number of hydrogen-bond donors (Lipinski definition) is 1. The predicted molar refractivity (Wildman–Crippen MR) is 138 cm³/mol. The highest BCUT2D eigenvalue weighted by Gasteiger charge is 2.23. The molecule has 35 heavy (non-hydrogen) atoms. The van der Waals surface area contributed by atoms with Gasteiger partial charge in [-0.1, -0.05) is 57.2 Å². The molecular formula is C26H30FN3O3S2. The smallest absolute Gasteiger partial charge is 0.230 e. The van der Waals surface area contributed by atoms with Gasteiger partial charge < -0.3 is 10.2 Å². The average Bonchev–Trinajstić information content (AvgIpc) is 3.21. The van der Waals surface area contributed by atoms with Gasteiger partial charge in [-0.15, -0.1) is 0 Å². The second-order valence-corrected chi connectivity index (χ2v) is 13.1. The molecule has 0 aliphatic carbocycles. The highest BCUT2D eigenvalue weighted by atomic mass is 32.2. The molecule has 0 atom stereocenters. The number of anilines is 2. The molecule has 0 spiro atoms. The number of carbonyl (C=O) groups excluding carboxylic acids is 1. The van der Waals surface area contributed by atoms with Crippen LogP contribution in [0.15, 0.2) is 47.4 Å². The normalized spacial score (nSPS) is 14.0. The van der Waals surface area contributed by atoms with E-state index in [-0.39, 0.29) is 28.0 Å². The lowest BCUT2D eigenvalue weighted by Crippen LogP contribution is -2.29. The predicted octanol–water partition coefficient (Wildman–Crippen LogP) is 5.12. The first-order valence-electron chi connectivity index (χ1n) is 11.6. The van der Waals surface area contributed by atoms with Crippen molar-refractivity contribution >= 4 is 37.9 Å². The monoisotopic (exact) mass is 515 g/mol. The van der Waals surface area contributed by atoms with E-state index in [0.717, 1.165) is 41.8 Å². The first kappa shape index (κ1) is 25.3. The van der Waals surface area contributed by atoms with Crippen LogP contribution in [-0.2, 0) is 39.4 Å². The topological polar surface area (TPSA) is 79.4 Å². The first-order valence-corrected chi connectivity index (χ1v) is 14.1. The zero-order valence-corrected chi connectivity index (χ0v) is 22.0. The molecular weight excluding hydrogens is 485 g/mol. The molecule has 2 heterocycles. The van der Waals surface area contributed by atoms with Crippen LogP contribution in [0.1, 0.15) is 49.4 Å². The molecule has 4 rings (SSSR count). The van der Waals surface area contributed by atoms with Gasteiger partial charge in [0.1, 0.15) is 5.82 Å². The van der Waals surface area contributed by atoms with Gasteiger partial charge in [0.15, 0.2) is 15.0 Å². The maximum Gasteiger partial charge on any atom is 0.230 e. The van der Waals surface area contributed by atoms with E-state index >= 15 is 0 Å². The third-order valence-electron chi connectivity index (χ3n) is 6.19. The minimum Gasteiger partial charge on any atom is -0.366 e. The second kappa shape index (κ2) is 9.70. The highest BCUT2D eigenvalue weighted by molar-refractivity contribution is 7.91. The van der Waals surface area contributed by atoms with Crippen LogP contribution < -0.4 is 10.2 Å². The fourth-order valence-corrected chi connectivity index (χ4v) is 5.94. The highest BCUT2D eigenvalue weighted by Crippen LogP contribution is 2.32. The number of halogens is 1. The van der Waals surface area contributed by atoms with E-state index in [9.17, 15) is 17.6 Å². The SMILES string of the molecule is CCS(=O)(=O)c1ccc(CC(=O)Nc2nc3c(s2)CN(c2ccc(C(C)(C)C)cc2)CC3)c(F)c1. The molecule has 6 nitrogen and oxygen atoms in total. The molecule has 0 fully saturated rings. The number of nitrogens with one attached hydrogen (secondary N) is 1. The molecule has 3 aromatic rings. The molecule has 2 aromatic carbocycles. The number of nitrogens with zero attached hydrogens (tertiary/aromatic N) is 2. The van der Waals surface area contributed by atoms with Crippen LogP contribution >= 0.6 is 11.3 Å². The van der Waals surface area contributed by atoms with Crippen molar-refractivity contribution in [3.8, 4) is 0 Å². The van der Waals surface area contributed by atoms with Gasteiger partial charge in [0.05, 0.1) is 29.3 Å². The average molecular weight is 516 g/mol. The maximum absolute atomic E-state index is 14.4. The summed E-state index contributed by atoms with van der Waals surface area (Å²) in [5.74, 6) is -1.21. The number of sulfone groups is 1. The summed E-state index contributed by atoms with van der Waals surface area (Å²) in [6, 6.07) is 12.3. The van der Waals surface area contributed by atoms with Crippen LogP contribution in [0.2, 0.25) is 0 Å². The van der Waals surface area contributed by atoms with E-state index in [1.807, 2.05) is 0 Å². The molecule has 1 N–H and O–H groups in total. The Morgan fingerprint density at radius 3 is 2.51 bits per heavy atom. The number of thiazole rings is 1. The lowest BCUT2D eigenvalue weighted by atomic mass is 9.87. The van der Waals surface area contributed by atoms with Crippen LogP contribution in [0, 0.1) is 5.82 Å². The Bertz CT molecular complexity index is 1340. The van der Waals surface area contributed by atoms with Crippen molar-refractivity contribution in [1.82, 2.24) is 4.98 Å². The molecule has 186 valence electrons. The fourth-order valence-electron chi connectivity index (χ4n) is 4.01. The molecule has 1 aliphatic heterocycles. The molecule has 1 aromatic heterocycles. The van der Waals surface area contributed by atoms with Crippen LogP contribution in [0.25, 0.3) is 0 Å². The molecule has 0 saturated carbocycles. The zero-order chi connectivity index (χ0) is 25.4. The Morgan fingerprint density at radius 2 is 1.89 bits per heavy atom. The Hall–Kier alpha value is -2.78. The quantitative estimate of drug-likeness (QED) is 0.493. The third kappa shape index (κ3) is 5.73. The van der Waals surface area contributed by atoms with Gasteiger partial charge in [-0.05, 0) is 40.8 Å². The van der Waals surface area contributed by atoms with Crippen molar-refractivity contribution in [3.05, 3.63) is 70.0 Å². The zero-order valence-electron chi connectivity index (χ0n) is 20.4. The van der Waals surface area contributed by atoms with E-state index < -0.39 is 21.6 Å². The molecule has 0 saturated heterocycles. The molecule has 1 aliphatic rings. The largest absolute Gasteiger partial charge is 0.366 e. The summed E-state index contributed by atoms with van der Waals surface area (Å²) in [4.78, 5) is 20.4. The summed E-state index contributed by atoms with van der Waals surface area (Å²) < 4.78 is 38.3. The number of aromatic nitrogens is 1. The van der Waals surface area contributed by atoms with Crippen LogP contribution in [0.4, 0.5) is 15.2 Å². The maximum atomic E-state index is 14.4. The van der Waals surface area contributed by atoms with Gasteiger partial charge >= 0.3 is 0 Å². The molecule has 0 unspecified atom stereocenters. The second-order valence-electron chi connectivity index (χ2n) is 9.74. The van der Waals surface area contributed by atoms with Gasteiger partial charge in [-0.2, -0.15) is 0 Å². The van der Waals surface area contributed by atoms with E-state index in [4.69, 9.17) is 0 Å². The van der Waals surface area contributed by atoms with Gasteiger partial charge in [-0.25, -0.2) is 17.8 Å². The summed E-state index contributed by atoms with van der Waals surface area (Å²) in [5.41, 5.74) is 3.68. The van der Waals surface area contributed by atoms with Crippen molar-refractivity contribution < 1.29 is 17.6 Å². The number of rotatable bonds is 6. The summed E-state index contributed by atoms with van der Waals surface area (Å²) in [5, 5.41) is 3.27. The Balaban J connectivity index is 1.41. The fraction of sp³-hybridized carbons (Fsp3) is 0.385. The van der Waals surface area contributed by atoms with Crippen molar-refractivity contribution in [1.29, 1.82) is 0 Å². The summed E-state index contributed by atoms with van der Waals surface area (Å²) >= 11 is 1.44. The van der Waals surface area contributed by atoms with Crippen LogP contribution in [-0.4, -0.2) is 31.6 Å². The third-order valence-corrected chi connectivity index (χ3v) is 8.92. The first-order chi connectivity index (χ1) is 16.5. The Labute approximate surface area is 210 Å². The molecule has 1 amide bonds. The number of fused-ring (bicyclic) bond motifs is 1. The summed E-state index contributed by atoms with van der Waals surface area (Å²) in [6.07, 6.45) is 0.583. The van der Waals surface area contributed by atoms with E-state index in [2.05, 4.69) is 60.2 Å². The Morgan fingerprint density at radius 1 is 1.17 bits per heavy atom.